The van der Waals surface area contributed by atoms with E-state index in [2.05, 4.69) is 54.7 Å². The highest BCUT2D eigenvalue weighted by Crippen LogP contribution is 2.43. The topological polar surface area (TPSA) is 32.3 Å². The molecule has 0 amide bonds. The first-order chi connectivity index (χ1) is 10.1. The predicted molar refractivity (Wildman–Crippen MR) is 86.3 cm³/mol. The van der Waals surface area contributed by atoms with Gasteiger partial charge in [-0.2, -0.15) is 0 Å². The van der Waals surface area contributed by atoms with Gasteiger partial charge in [0.25, 0.3) is 0 Å². The fourth-order valence-corrected chi connectivity index (χ4v) is 3.30. The molecule has 0 saturated carbocycles. The summed E-state index contributed by atoms with van der Waals surface area (Å²) in [5.41, 5.74) is 4.21. The summed E-state index contributed by atoms with van der Waals surface area (Å²) in [4.78, 5) is 0. The number of aryl methyl sites for hydroxylation is 1. The minimum absolute atomic E-state index is 0.249. The van der Waals surface area contributed by atoms with Crippen LogP contribution in [0.4, 0.5) is 0 Å². The maximum absolute atomic E-state index is 10.6. The normalized spacial score (nSPS) is 24.0. The molecule has 2 atom stereocenters. The Morgan fingerprint density at radius 3 is 2.71 bits per heavy atom. The SMILES string of the molecule is Cc1ccc2c(c1)C(NCCc1ccccc1)CC2(C)O. The summed E-state index contributed by atoms with van der Waals surface area (Å²) in [6, 6.07) is 17.1. The number of benzene rings is 2. The van der Waals surface area contributed by atoms with E-state index in [0.29, 0.717) is 0 Å². The monoisotopic (exact) mass is 281 g/mol. The lowest BCUT2D eigenvalue weighted by Crippen LogP contribution is -2.24. The molecule has 2 N–H and O–H groups in total. The highest BCUT2D eigenvalue weighted by Gasteiger charge is 2.38. The van der Waals surface area contributed by atoms with Crippen molar-refractivity contribution in [1.82, 2.24) is 5.32 Å². The molecule has 0 spiro atoms. The molecule has 2 nitrogen and oxygen atoms in total. The Kier molecular flexibility index (Phi) is 3.83. The van der Waals surface area contributed by atoms with Gasteiger partial charge in [0.05, 0.1) is 5.60 Å². The maximum atomic E-state index is 10.6. The van der Waals surface area contributed by atoms with E-state index >= 15 is 0 Å². The zero-order chi connectivity index (χ0) is 14.9. The quantitative estimate of drug-likeness (QED) is 0.899. The van der Waals surface area contributed by atoms with Gasteiger partial charge in [-0.15, -0.1) is 0 Å². The van der Waals surface area contributed by atoms with E-state index in [0.717, 1.165) is 24.9 Å². The fraction of sp³-hybridized carbons (Fsp3) is 0.368. The lowest BCUT2D eigenvalue weighted by atomic mass is 9.98. The average Bonchev–Trinajstić information content (AvgIpc) is 2.71. The van der Waals surface area contributed by atoms with Crippen molar-refractivity contribution in [3.8, 4) is 0 Å². The predicted octanol–water partition coefficient (Wildman–Crippen LogP) is 3.48. The maximum Gasteiger partial charge on any atom is 0.0889 e. The summed E-state index contributed by atoms with van der Waals surface area (Å²) < 4.78 is 0. The molecule has 1 aliphatic rings. The number of hydrogen-bond donors (Lipinski definition) is 2. The van der Waals surface area contributed by atoms with Gasteiger partial charge in [0.15, 0.2) is 0 Å². The van der Waals surface area contributed by atoms with Gasteiger partial charge in [-0.05, 0) is 49.9 Å². The van der Waals surface area contributed by atoms with E-state index in [1.54, 1.807) is 0 Å². The number of nitrogens with one attached hydrogen (secondary N) is 1. The second-order valence-electron chi connectivity index (χ2n) is 6.31. The first kappa shape index (κ1) is 14.3. The molecule has 0 bridgehead atoms. The number of fused-ring (bicyclic) bond motifs is 1. The molecule has 0 saturated heterocycles. The summed E-state index contributed by atoms with van der Waals surface area (Å²) in [6.07, 6.45) is 1.77. The Morgan fingerprint density at radius 1 is 1.19 bits per heavy atom. The first-order valence-corrected chi connectivity index (χ1v) is 7.67. The zero-order valence-corrected chi connectivity index (χ0v) is 12.8. The van der Waals surface area contributed by atoms with Crippen molar-refractivity contribution in [2.24, 2.45) is 0 Å². The van der Waals surface area contributed by atoms with Gasteiger partial charge in [0.2, 0.25) is 0 Å². The summed E-state index contributed by atoms with van der Waals surface area (Å²) in [5.74, 6) is 0. The zero-order valence-electron chi connectivity index (χ0n) is 12.8. The second-order valence-corrected chi connectivity index (χ2v) is 6.31. The third-order valence-electron chi connectivity index (χ3n) is 4.41. The summed E-state index contributed by atoms with van der Waals surface area (Å²) in [6.45, 7) is 4.95. The van der Waals surface area contributed by atoms with Gasteiger partial charge in [-0.25, -0.2) is 0 Å². The Bertz CT molecular complexity index is 619. The van der Waals surface area contributed by atoms with Crippen LogP contribution in [-0.2, 0) is 12.0 Å². The van der Waals surface area contributed by atoms with Crippen molar-refractivity contribution in [3.05, 3.63) is 70.8 Å². The van der Waals surface area contributed by atoms with Crippen LogP contribution in [-0.4, -0.2) is 11.7 Å². The van der Waals surface area contributed by atoms with Crippen molar-refractivity contribution in [1.29, 1.82) is 0 Å². The summed E-state index contributed by atoms with van der Waals surface area (Å²) >= 11 is 0. The summed E-state index contributed by atoms with van der Waals surface area (Å²) in [7, 11) is 0. The van der Waals surface area contributed by atoms with E-state index in [1.807, 2.05) is 13.0 Å². The average molecular weight is 281 g/mol. The number of rotatable bonds is 4. The van der Waals surface area contributed by atoms with Crippen LogP contribution in [0.3, 0.4) is 0 Å². The molecule has 0 aromatic heterocycles. The van der Waals surface area contributed by atoms with Crippen LogP contribution in [0, 0.1) is 6.92 Å². The van der Waals surface area contributed by atoms with E-state index in [9.17, 15) is 5.11 Å². The molecular weight excluding hydrogens is 258 g/mol. The van der Waals surface area contributed by atoms with E-state index in [1.165, 1.54) is 16.7 Å². The molecular formula is C19H23NO. The highest BCUT2D eigenvalue weighted by molar-refractivity contribution is 5.42. The van der Waals surface area contributed by atoms with Gasteiger partial charge in [0, 0.05) is 6.04 Å². The smallest absolute Gasteiger partial charge is 0.0889 e. The molecule has 2 unspecified atom stereocenters. The van der Waals surface area contributed by atoms with Crippen molar-refractivity contribution in [2.45, 2.75) is 38.3 Å². The van der Waals surface area contributed by atoms with Gasteiger partial charge in [-0.3, -0.25) is 0 Å². The highest BCUT2D eigenvalue weighted by atomic mass is 16.3. The number of hydrogen-bond acceptors (Lipinski definition) is 2. The standard InChI is InChI=1S/C19H23NO/c1-14-8-9-17-16(12-14)18(13-19(17,2)21)20-11-10-15-6-4-3-5-7-15/h3-9,12,18,20-21H,10-11,13H2,1-2H3. The van der Waals surface area contributed by atoms with Crippen LogP contribution in [0.25, 0.3) is 0 Å². The van der Waals surface area contributed by atoms with Crippen LogP contribution >= 0.6 is 0 Å². The first-order valence-electron chi connectivity index (χ1n) is 7.67. The lowest BCUT2D eigenvalue weighted by molar-refractivity contribution is 0.0515. The van der Waals surface area contributed by atoms with Crippen LogP contribution in [0.15, 0.2) is 48.5 Å². The van der Waals surface area contributed by atoms with Crippen LogP contribution in [0.2, 0.25) is 0 Å². The minimum atomic E-state index is -0.715. The summed E-state index contributed by atoms with van der Waals surface area (Å²) in [5, 5.41) is 14.2. The van der Waals surface area contributed by atoms with Crippen molar-refractivity contribution in [2.75, 3.05) is 6.54 Å². The Balaban J connectivity index is 1.69. The molecule has 21 heavy (non-hydrogen) atoms. The molecule has 0 aliphatic heterocycles. The minimum Gasteiger partial charge on any atom is -0.385 e. The van der Waals surface area contributed by atoms with Crippen molar-refractivity contribution in [3.63, 3.8) is 0 Å². The molecule has 0 fully saturated rings. The van der Waals surface area contributed by atoms with Crippen LogP contribution in [0.1, 0.15) is 41.6 Å². The number of aliphatic hydroxyl groups is 1. The second kappa shape index (κ2) is 5.63. The third kappa shape index (κ3) is 3.02. The van der Waals surface area contributed by atoms with Gasteiger partial charge in [0.1, 0.15) is 0 Å². The third-order valence-corrected chi connectivity index (χ3v) is 4.41. The van der Waals surface area contributed by atoms with Gasteiger partial charge < -0.3 is 10.4 Å². The largest absolute Gasteiger partial charge is 0.385 e. The molecule has 2 heteroatoms. The van der Waals surface area contributed by atoms with E-state index in [-0.39, 0.29) is 6.04 Å². The fourth-order valence-electron chi connectivity index (χ4n) is 3.30. The van der Waals surface area contributed by atoms with Gasteiger partial charge >= 0.3 is 0 Å². The molecule has 1 aliphatic carbocycles. The molecule has 110 valence electrons. The van der Waals surface area contributed by atoms with Crippen molar-refractivity contribution < 1.29 is 5.11 Å². The molecule has 2 aromatic rings. The van der Waals surface area contributed by atoms with E-state index in [4.69, 9.17) is 0 Å². The lowest BCUT2D eigenvalue weighted by Gasteiger charge is -2.18. The molecule has 2 aromatic carbocycles. The molecule has 0 radical (unpaired) electrons. The molecule has 0 heterocycles. The van der Waals surface area contributed by atoms with Crippen LogP contribution < -0.4 is 5.32 Å². The van der Waals surface area contributed by atoms with Crippen molar-refractivity contribution >= 4 is 0 Å². The van der Waals surface area contributed by atoms with Gasteiger partial charge in [-0.1, -0.05) is 54.1 Å². The Labute approximate surface area is 126 Å². The van der Waals surface area contributed by atoms with E-state index < -0.39 is 5.60 Å². The van der Waals surface area contributed by atoms with Crippen LogP contribution in [0.5, 0.6) is 0 Å². The Morgan fingerprint density at radius 2 is 1.95 bits per heavy atom. The molecule has 3 rings (SSSR count). The Hall–Kier alpha value is -1.64.